The number of methoxy groups -OCH3 is 1. The topological polar surface area (TPSA) is 89.9 Å². The number of fused-ring (bicyclic) bond motifs is 2. The Kier molecular flexibility index (Phi) is 5.77. The summed E-state index contributed by atoms with van der Waals surface area (Å²) in [7, 11) is 1.61. The van der Waals surface area contributed by atoms with E-state index >= 15 is 0 Å². The highest BCUT2D eigenvalue weighted by Gasteiger charge is 2.18. The first kappa shape index (κ1) is 20.8. The second kappa shape index (κ2) is 8.33. The van der Waals surface area contributed by atoms with E-state index in [4.69, 9.17) is 9.72 Å². The summed E-state index contributed by atoms with van der Waals surface area (Å²) in [5.41, 5.74) is 1.39. The molecule has 3 heterocycles. The van der Waals surface area contributed by atoms with E-state index in [0.717, 1.165) is 15.3 Å². The predicted molar refractivity (Wildman–Crippen MR) is 122 cm³/mol. The molecule has 0 saturated carbocycles. The Balaban J connectivity index is 1.75. The van der Waals surface area contributed by atoms with Crippen molar-refractivity contribution >= 4 is 44.2 Å². The van der Waals surface area contributed by atoms with Crippen molar-refractivity contribution in [2.24, 2.45) is 0 Å². The first-order valence-electron chi connectivity index (χ1n) is 9.52. The van der Waals surface area contributed by atoms with Crippen LogP contribution in [0.5, 0.6) is 0 Å². The van der Waals surface area contributed by atoms with Crippen molar-refractivity contribution < 1.29 is 4.74 Å². The van der Waals surface area contributed by atoms with Crippen LogP contribution in [0.15, 0.2) is 39.0 Å². The molecule has 1 N–H and O–H groups in total. The maximum Gasteiger partial charge on any atom is 0.262 e. The molecule has 1 unspecified atom stereocenters. The van der Waals surface area contributed by atoms with Crippen LogP contribution in [-0.4, -0.2) is 33.2 Å². The number of nitrogens with one attached hydrogen (secondary N) is 1. The number of rotatable bonds is 6. The molecule has 0 saturated heterocycles. The number of benzene rings is 1. The van der Waals surface area contributed by atoms with E-state index in [2.05, 4.69) is 9.97 Å². The van der Waals surface area contributed by atoms with Crippen LogP contribution >= 0.6 is 23.1 Å². The molecule has 0 aliphatic carbocycles. The molecule has 4 rings (SSSR count). The van der Waals surface area contributed by atoms with Crippen molar-refractivity contribution in [3.05, 3.63) is 61.2 Å². The number of para-hydroxylation sites is 1. The van der Waals surface area contributed by atoms with E-state index < -0.39 is 0 Å². The zero-order valence-electron chi connectivity index (χ0n) is 17.2. The molecule has 9 heteroatoms. The minimum atomic E-state index is -0.181. The quantitative estimate of drug-likeness (QED) is 0.361. The number of ether oxygens (including phenoxy) is 1. The van der Waals surface area contributed by atoms with Crippen LogP contribution < -0.4 is 11.1 Å². The van der Waals surface area contributed by atoms with E-state index in [0.29, 0.717) is 39.6 Å². The average Bonchev–Trinajstić information content (AvgIpc) is 3.00. The molecular formula is C21H22N4O3S2. The normalized spacial score (nSPS) is 12.7. The van der Waals surface area contributed by atoms with Crippen LogP contribution in [-0.2, 0) is 10.5 Å². The van der Waals surface area contributed by atoms with Gasteiger partial charge in [0.1, 0.15) is 10.7 Å². The summed E-state index contributed by atoms with van der Waals surface area (Å²) in [5, 5.41) is 1.80. The van der Waals surface area contributed by atoms with Gasteiger partial charge in [0.05, 0.1) is 34.7 Å². The Morgan fingerprint density at radius 3 is 2.77 bits per heavy atom. The number of aromatic nitrogens is 4. The van der Waals surface area contributed by atoms with Gasteiger partial charge in [-0.25, -0.2) is 9.97 Å². The van der Waals surface area contributed by atoms with E-state index in [1.54, 1.807) is 17.7 Å². The molecule has 0 radical (unpaired) electrons. The maximum absolute atomic E-state index is 13.1. The zero-order chi connectivity index (χ0) is 21.4. The molecular weight excluding hydrogens is 420 g/mol. The molecule has 30 heavy (non-hydrogen) atoms. The summed E-state index contributed by atoms with van der Waals surface area (Å²) in [4.78, 5) is 39.7. The molecule has 156 valence electrons. The van der Waals surface area contributed by atoms with Crippen LogP contribution in [0.4, 0.5) is 0 Å². The molecule has 4 aromatic rings. The van der Waals surface area contributed by atoms with E-state index in [-0.39, 0.29) is 17.2 Å². The molecule has 0 amide bonds. The van der Waals surface area contributed by atoms with Gasteiger partial charge < -0.3 is 9.72 Å². The molecule has 0 bridgehead atoms. The third-order valence-corrected chi connectivity index (χ3v) is 7.12. The SMILES string of the molecule is COCC(C)n1c(SCc2nc3sc(C)c(C)c3c(=O)[nH]2)nc2ccccc2c1=O. The number of H-pyrrole nitrogens is 1. The predicted octanol–water partition coefficient (Wildman–Crippen LogP) is 3.81. The highest BCUT2D eigenvalue weighted by atomic mass is 32.2. The highest BCUT2D eigenvalue weighted by Crippen LogP contribution is 2.27. The van der Waals surface area contributed by atoms with Gasteiger partial charge in [-0.2, -0.15) is 0 Å². The number of thiophene rings is 1. The fraction of sp³-hybridized carbons (Fsp3) is 0.333. The summed E-state index contributed by atoms with van der Waals surface area (Å²) in [6.45, 7) is 6.25. The molecule has 3 aromatic heterocycles. The Morgan fingerprint density at radius 1 is 1.23 bits per heavy atom. The van der Waals surface area contributed by atoms with E-state index in [1.165, 1.54) is 23.1 Å². The van der Waals surface area contributed by atoms with Crippen LogP contribution in [0.25, 0.3) is 21.1 Å². The minimum Gasteiger partial charge on any atom is -0.383 e. The lowest BCUT2D eigenvalue weighted by molar-refractivity contribution is 0.156. The molecule has 0 aliphatic rings. The second-order valence-electron chi connectivity index (χ2n) is 7.16. The van der Waals surface area contributed by atoms with Crippen molar-refractivity contribution in [2.45, 2.75) is 37.7 Å². The molecule has 1 atom stereocenters. The number of aryl methyl sites for hydroxylation is 2. The number of hydrogen-bond acceptors (Lipinski definition) is 7. The monoisotopic (exact) mass is 442 g/mol. The minimum absolute atomic E-state index is 0.103. The lowest BCUT2D eigenvalue weighted by Crippen LogP contribution is -2.28. The zero-order valence-corrected chi connectivity index (χ0v) is 18.8. The first-order valence-corrected chi connectivity index (χ1v) is 11.3. The van der Waals surface area contributed by atoms with Gasteiger partial charge in [0, 0.05) is 12.0 Å². The number of nitrogens with zero attached hydrogens (tertiary/aromatic N) is 3. The van der Waals surface area contributed by atoms with Gasteiger partial charge in [-0.05, 0) is 38.5 Å². The van der Waals surface area contributed by atoms with Gasteiger partial charge in [-0.1, -0.05) is 23.9 Å². The highest BCUT2D eigenvalue weighted by molar-refractivity contribution is 7.98. The van der Waals surface area contributed by atoms with E-state index in [9.17, 15) is 9.59 Å². The van der Waals surface area contributed by atoms with Crippen molar-refractivity contribution in [2.75, 3.05) is 13.7 Å². The maximum atomic E-state index is 13.1. The lowest BCUT2D eigenvalue weighted by atomic mass is 10.2. The fourth-order valence-corrected chi connectivity index (χ4v) is 5.45. The lowest BCUT2D eigenvalue weighted by Gasteiger charge is -2.18. The van der Waals surface area contributed by atoms with Gasteiger partial charge in [-0.3, -0.25) is 14.2 Å². The van der Waals surface area contributed by atoms with Gasteiger partial charge in [0.25, 0.3) is 11.1 Å². The number of aromatic amines is 1. The summed E-state index contributed by atoms with van der Waals surface area (Å²) in [6, 6.07) is 7.12. The fourth-order valence-electron chi connectivity index (χ4n) is 3.43. The molecule has 0 fully saturated rings. The van der Waals surface area contributed by atoms with Crippen LogP contribution in [0, 0.1) is 13.8 Å². The van der Waals surface area contributed by atoms with Crippen LogP contribution in [0.1, 0.15) is 29.2 Å². The number of thioether (sulfide) groups is 1. The van der Waals surface area contributed by atoms with E-state index in [1.807, 2.05) is 39.0 Å². The Labute approximate surface area is 181 Å². The molecule has 0 aliphatic heterocycles. The first-order chi connectivity index (χ1) is 14.4. The summed E-state index contributed by atoms with van der Waals surface area (Å²) in [5.74, 6) is 0.957. The Bertz CT molecular complexity index is 1360. The number of hydrogen-bond donors (Lipinski definition) is 1. The Morgan fingerprint density at radius 2 is 2.00 bits per heavy atom. The summed E-state index contributed by atoms with van der Waals surface area (Å²) < 4.78 is 6.92. The molecule has 7 nitrogen and oxygen atoms in total. The standard InChI is InChI=1S/C21H22N4O3S2/c1-11(9-28-4)25-20(27)14-7-5-6-8-15(14)22-21(25)29-10-16-23-18(26)17-12(2)13(3)30-19(17)24-16/h5-8,11H,9-10H2,1-4H3,(H,23,24,26). The van der Waals surface area contributed by atoms with Gasteiger partial charge in [0.15, 0.2) is 5.16 Å². The van der Waals surface area contributed by atoms with Crippen LogP contribution in [0.3, 0.4) is 0 Å². The third-order valence-electron chi connectivity index (χ3n) is 5.05. The average molecular weight is 443 g/mol. The van der Waals surface area contributed by atoms with Crippen molar-refractivity contribution in [3.8, 4) is 0 Å². The van der Waals surface area contributed by atoms with Gasteiger partial charge >= 0.3 is 0 Å². The van der Waals surface area contributed by atoms with Gasteiger partial charge in [-0.15, -0.1) is 11.3 Å². The Hall–Kier alpha value is -2.49. The van der Waals surface area contributed by atoms with Crippen molar-refractivity contribution in [3.63, 3.8) is 0 Å². The molecule has 0 spiro atoms. The molecule has 1 aromatic carbocycles. The van der Waals surface area contributed by atoms with Crippen LogP contribution in [0.2, 0.25) is 0 Å². The largest absolute Gasteiger partial charge is 0.383 e. The van der Waals surface area contributed by atoms with Crippen molar-refractivity contribution in [1.29, 1.82) is 0 Å². The van der Waals surface area contributed by atoms with Gasteiger partial charge in [0.2, 0.25) is 0 Å². The smallest absolute Gasteiger partial charge is 0.262 e. The summed E-state index contributed by atoms with van der Waals surface area (Å²) >= 11 is 2.90. The second-order valence-corrected chi connectivity index (χ2v) is 9.30. The third kappa shape index (κ3) is 3.68. The summed E-state index contributed by atoms with van der Waals surface area (Å²) in [6.07, 6.45) is 0. The van der Waals surface area contributed by atoms with Crippen molar-refractivity contribution in [1.82, 2.24) is 19.5 Å².